The molecule has 17 heavy (non-hydrogen) atoms. The summed E-state index contributed by atoms with van der Waals surface area (Å²) in [6, 6.07) is 8.29. The lowest BCUT2D eigenvalue weighted by atomic mass is 10.1. The number of amides is 1. The van der Waals surface area contributed by atoms with Gasteiger partial charge in [0.2, 0.25) is 5.91 Å². The molecule has 0 heterocycles. The van der Waals surface area contributed by atoms with Crippen LogP contribution in [-0.4, -0.2) is 19.0 Å². The maximum Gasteiger partial charge on any atom is 0.333 e. The van der Waals surface area contributed by atoms with Gasteiger partial charge >= 0.3 is 5.97 Å². The fourth-order valence-corrected chi connectivity index (χ4v) is 1.35. The lowest BCUT2D eigenvalue weighted by Crippen LogP contribution is -2.36. The third kappa shape index (κ3) is 3.59. The zero-order chi connectivity index (χ0) is 12.8. The fourth-order valence-electron chi connectivity index (χ4n) is 1.35. The van der Waals surface area contributed by atoms with Crippen LogP contribution in [-0.2, 0) is 14.3 Å². The summed E-state index contributed by atoms with van der Waals surface area (Å²) in [5.41, 5.74) is 0.716. The van der Waals surface area contributed by atoms with Crippen LogP contribution in [0.3, 0.4) is 0 Å². The topological polar surface area (TPSA) is 55.4 Å². The van der Waals surface area contributed by atoms with Crippen LogP contribution in [0.15, 0.2) is 30.3 Å². The highest BCUT2D eigenvalue weighted by Gasteiger charge is 2.24. The summed E-state index contributed by atoms with van der Waals surface area (Å²) in [6.45, 7) is 3.54. The van der Waals surface area contributed by atoms with E-state index in [4.69, 9.17) is 4.74 Å². The van der Waals surface area contributed by atoms with E-state index < -0.39 is 12.0 Å². The average molecular weight is 235 g/mol. The Morgan fingerprint density at radius 1 is 1.18 bits per heavy atom. The number of methoxy groups -OCH3 is 1. The van der Waals surface area contributed by atoms with Gasteiger partial charge in [0, 0.05) is 5.92 Å². The first-order valence-corrected chi connectivity index (χ1v) is 5.49. The standard InChI is InChI=1S/C13H17NO3/c1-9(2)12(15)14-11(13(16)17-3)10-7-5-4-6-8-10/h4-9,11H,1-3H3,(H,14,15)/t11-/m1/s1. The lowest BCUT2D eigenvalue weighted by Gasteiger charge is -2.18. The summed E-state index contributed by atoms with van der Waals surface area (Å²) < 4.78 is 4.69. The third-order valence-corrected chi connectivity index (χ3v) is 2.38. The first-order valence-electron chi connectivity index (χ1n) is 5.49. The molecule has 1 amide bonds. The normalized spacial score (nSPS) is 12.0. The molecule has 0 aromatic heterocycles. The van der Waals surface area contributed by atoms with Crippen LogP contribution in [0.5, 0.6) is 0 Å². The minimum absolute atomic E-state index is 0.175. The van der Waals surface area contributed by atoms with Crippen molar-refractivity contribution >= 4 is 11.9 Å². The Bertz CT molecular complexity index is 387. The van der Waals surface area contributed by atoms with E-state index >= 15 is 0 Å². The molecule has 0 saturated heterocycles. The zero-order valence-electron chi connectivity index (χ0n) is 10.3. The predicted molar refractivity (Wildman–Crippen MR) is 64.2 cm³/mol. The largest absolute Gasteiger partial charge is 0.467 e. The van der Waals surface area contributed by atoms with Gasteiger partial charge in [0.1, 0.15) is 0 Å². The van der Waals surface area contributed by atoms with Gasteiger partial charge in [0.15, 0.2) is 6.04 Å². The monoisotopic (exact) mass is 235 g/mol. The summed E-state index contributed by atoms with van der Waals surface area (Å²) in [5.74, 6) is -0.819. The van der Waals surface area contributed by atoms with Crippen LogP contribution >= 0.6 is 0 Å². The highest BCUT2D eigenvalue weighted by molar-refractivity contribution is 5.86. The van der Waals surface area contributed by atoms with Gasteiger partial charge < -0.3 is 10.1 Å². The summed E-state index contributed by atoms with van der Waals surface area (Å²) in [6.07, 6.45) is 0. The SMILES string of the molecule is COC(=O)[C@H](NC(=O)C(C)C)c1ccccc1. The van der Waals surface area contributed by atoms with Gasteiger partial charge in [-0.25, -0.2) is 4.79 Å². The minimum Gasteiger partial charge on any atom is -0.467 e. The smallest absolute Gasteiger partial charge is 0.333 e. The Morgan fingerprint density at radius 3 is 2.24 bits per heavy atom. The molecule has 1 rings (SSSR count). The highest BCUT2D eigenvalue weighted by atomic mass is 16.5. The van der Waals surface area contributed by atoms with Crippen molar-refractivity contribution in [2.75, 3.05) is 7.11 Å². The maximum atomic E-state index is 11.6. The van der Waals surface area contributed by atoms with E-state index in [-0.39, 0.29) is 11.8 Å². The van der Waals surface area contributed by atoms with Crippen LogP contribution in [0.1, 0.15) is 25.5 Å². The first kappa shape index (κ1) is 13.2. The van der Waals surface area contributed by atoms with Gasteiger partial charge in [-0.3, -0.25) is 4.79 Å². The van der Waals surface area contributed by atoms with Gasteiger partial charge in [-0.1, -0.05) is 44.2 Å². The minimum atomic E-state index is -0.740. The molecule has 1 aromatic carbocycles. The van der Waals surface area contributed by atoms with E-state index in [1.807, 2.05) is 18.2 Å². The third-order valence-electron chi connectivity index (χ3n) is 2.38. The van der Waals surface area contributed by atoms with E-state index in [1.54, 1.807) is 26.0 Å². The first-order chi connectivity index (χ1) is 8.06. The Labute approximate surface area is 101 Å². The van der Waals surface area contributed by atoms with E-state index in [1.165, 1.54) is 7.11 Å². The van der Waals surface area contributed by atoms with Crippen molar-refractivity contribution in [1.29, 1.82) is 0 Å². The maximum absolute atomic E-state index is 11.6. The summed E-state index contributed by atoms with van der Waals surface area (Å²) >= 11 is 0. The van der Waals surface area contributed by atoms with Gasteiger partial charge in [-0.05, 0) is 5.56 Å². The molecule has 1 atom stereocenters. The molecule has 0 bridgehead atoms. The van der Waals surface area contributed by atoms with Gasteiger partial charge in [-0.15, -0.1) is 0 Å². The van der Waals surface area contributed by atoms with Crippen molar-refractivity contribution < 1.29 is 14.3 Å². The number of benzene rings is 1. The van der Waals surface area contributed by atoms with Crippen molar-refractivity contribution in [2.24, 2.45) is 5.92 Å². The highest BCUT2D eigenvalue weighted by Crippen LogP contribution is 2.14. The molecule has 4 heteroatoms. The molecule has 0 radical (unpaired) electrons. The van der Waals surface area contributed by atoms with E-state index in [0.29, 0.717) is 5.56 Å². The fraction of sp³-hybridized carbons (Fsp3) is 0.385. The number of ether oxygens (including phenoxy) is 1. The number of hydrogen-bond donors (Lipinski definition) is 1. The molecule has 0 aliphatic carbocycles. The molecular weight excluding hydrogens is 218 g/mol. The number of carbonyl (C=O) groups excluding carboxylic acids is 2. The van der Waals surface area contributed by atoms with E-state index in [2.05, 4.69) is 5.32 Å². The molecule has 1 aromatic rings. The van der Waals surface area contributed by atoms with Crippen LogP contribution in [0.4, 0.5) is 0 Å². The summed E-state index contributed by atoms with van der Waals surface area (Å²) in [5, 5.41) is 2.67. The van der Waals surface area contributed by atoms with Crippen molar-refractivity contribution in [3.05, 3.63) is 35.9 Å². The summed E-state index contributed by atoms with van der Waals surface area (Å²) in [7, 11) is 1.31. The predicted octanol–water partition coefficient (Wildman–Crippen LogP) is 1.67. The van der Waals surface area contributed by atoms with Crippen molar-refractivity contribution in [2.45, 2.75) is 19.9 Å². The second-order valence-electron chi connectivity index (χ2n) is 4.03. The number of carbonyl (C=O) groups is 2. The number of rotatable bonds is 4. The van der Waals surface area contributed by atoms with Crippen molar-refractivity contribution in [1.82, 2.24) is 5.32 Å². The van der Waals surface area contributed by atoms with E-state index in [0.717, 1.165) is 0 Å². The molecule has 92 valence electrons. The van der Waals surface area contributed by atoms with E-state index in [9.17, 15) is 9.59 Å². The molecule has 0 unspecified atom stereocenters. The van der Waals surface area contributed by atoms with Crippen molar-refractivity contribution in [3.63, 3.8) is 0 Å². The van der Waals surface area contributed by atoms with Crippen LogP contribution in [0.2, 0.25) is 0 Å². The molecule has 0 aliphatic rings. The average Bonchev–Trinajstić information content (AvgIpc) is 2.35. The molecular formula is C13H17NO3. The Balaban J connectivity index is 2.90. The molecule has 1 N–H and O–H groups in total. The Morgan fingerprint density at radius 2 is 1.76 bits per heavy atom. The zero-order valence-corrected chi connectivity index (χ0v) is 10.3. The number of nitrogens with one attached hydrogen (secondary N) is 1. The number of hydrogen-bond acceptors (Lipinski definition) is 3. The van der Waals surface area contributed by atoms with Gasteiger partial charge in [0.25, 0.3) is 0 Å². The lowest BCUT2D eigenvalue weighted by molar-refractivity contribution is -0.145. The second kappa shape index (κ2) is 6.03. The van der Waals surface area contributed by atoms with Gasteiger partial charge in [0.05, 0.1) is 7.11 Å². The quantitative estimate of drug-likeness (QED) is 0.808. The summed E-state index contributed by atoms with van der Waals surface area (Å²) in [4.78, 5) is 23.3. The molecule has 0 fully saturated rings. The second-order valence-corrected chi connectivity index (χ2v) is 4.03. The van der Waals surface area contributed by atoms with Crippen LogP contribution < -0.4 is 5.32 Å². The van der Waals surface area contributed by atoms with Gasteiger partial charge in [-0.2, -0.15) is 0 Å². The van der Waals surface area contributed by atoms with Crippen molar-refractivity contribution in [3.8, 4) is 0 Å². The number of esters is 1. The van der Waals surface area contributed by atoms with Crippen LogP contribution in [0.25, 0.3) is 0 Å². The van der Waals surface area contributed by atoms with Crippen LogP contribution in [0, 0.1) is 5.92 Å². The Hall–Kier alpha value is -1.84. The molecule has 0 saturated carbocycles. The molecule has 0 spiro atoms. The molecule has 0 aliphatic heterocycles. The Kier molecular flexibility index (Phi) is 4.69. The molecule has 4 nitrogen and oxygen atoms in total.